The number of hydrogen-bond acceptors (Lipinski definition) is 2. The fraction of sp³-hybridized carbons (Fsp3) is 0.500. The predicted molar refractivity (Wildman–Crippen MR) is 82.6 cm³/mol. The van der Waals surface area contributed by atoms with Crippen LogP contribution in [0.5, 0.6) is 0 Å². The fourth-order valence-corrected chi connectivity index (χ4v) is 3.15. The second-order valence-corrected chi connectivity index (χ2v) is 5.75. The normalized spacial score (nSPS) is 17.8. The summed E-state index contributed by atoms with van der Waals surface area (Å²) in [7, 11) is 0. The number of H-pyrrole nitrogens is 1. The second kappa shape index (κ2) is 5.94. The molecule has 5 nitrogen and oxygen atoms in total. The van der Waals surface area contributed by atoms with E-state index >= 15 is 0 Å². The van der Waals surface area contributed by atoms with Crippen molar-refractivity contribution < 1.29 is 9.18 Å². The molecule has 0 bridgehead atoms. The number of carbonyl (C=O) groups is 1. The average molecular weight is 305 g/mol. The van der Waals surface area contributed by atoms with Gasteiger partial charge in [-0.15, -0.1) is 0 Å². The van der Waals surface area contributed by atoms with Gasteiger partial charge in [0.1, 0.15) is 0 Å². The molecule has 1 N–H and O–H groups in total. The number of alkyl halides is 1. The van der Waals surface area contributed by atoms with E-state index < -0.39 is 12.1 Å². The highest BCUT2D eigenvalue weighted by Crippen LogP contribution is 2.25. The Morgan fingerprint density at radius 3 is 2.73 bits per heavy atom. The van der Waals surface area contributed by atoms with Gasteiger partial charge in [-0.05, 0) is 31.4 Å². The summed E-state index contributed by atoms with van der Waals surface area (Å²) in [4.78, 5) is 28.5. The molecule has 3 rings (SSSR count). The summed E-state index contributed by atoms with van der Waals surface area (Å²) in [5, 5.41) is 0. The number of carbonyl (C=O) groups excluding carboxylic acids is 1. The molecule has 1 aliphatic rings. The molecule has 1 aliphatic heterocycles. The maximum Gasteiger partial charge on any atom is 0.326 e. The monoisotopic (exact) mass is 305 g/mol. The topological polar surface area (TPSA) is 58.1 Å². The van der Waals surface area contributed by atoms with Crippen LogP contribution >= 0.6 is 0 Å². The third-order valence-corrected chi connectivity index (χ3v) is 4.39. The van der Waals surface area contributed by atoms with Gasteiger partial charge in [-0.25, -0.2) is 9.18 Å². The molecule has 6 heteroatoms. The molecular formula is C16H20FN3O2. The smallest absolute Gasteiger partial charge is 0.326 e. The standard InChI is InChI=1S/C16H20FN3O2/c1-2-12(17)15(21)19-9-7-11(8-10-19)20-14-6-4-3-5-13(14)18-16(20)22/h3-6,11-12H,2,7-10H2,1H3,(H,18,22). The number of hydrogen-bond donors (Lipinski definition) is 1. The summed E-state index contributed by atoms with van der Waals surface area (Å²) < 4.78 is 15.3. The van der Waals surface area contributed by atoms with E-state index in [2.05, 4.69) is 4.98 Å². The molecule has 1 fully saturated rings. The number of halogens is 1. The van der Waals surface area contributed by atoms with Gasteiger partial charge >= 0.3 is 5.69 Å². The summed E-state index contributed by atoms with van der Waals surface area (Å²) in [5.74, 6) is -0.424. The highest BCUT2D eigenvalue weighted by Gasteiger charge is 2.29. The van der Waals surface area contributed by atoms with Crippen LogP contribution in [0.2, 0.25) is 0 Å². The first-order valence-corrected chi connectivity index (χ1v) is 7.74. The maximum atomic E-state index is 13.5. The van der Waals surface area contributed by atoms with Crippen molar-refractivity contribution in [3.8, 4) is 0 Å². The molecule has 2 heterocycles. The molecule has 0 saturated carbocycles. The predicted octanol–water partition coefficient (Wildman–Crippen LogP) is 2.24. The Hall–Kier alpha value is -2.11. The van der Waals surface area contributed by atoms with E-state index in [0.717, 1.165) is 11.0 Å². The van der Waals surface area contributed by atoms with Gasteiger partial charge in [0.15, 0.2) is 6.17 Å². The van der Waals surface area contributed by atoms with Crippen molar-refractivity contribution >= 4 is 16.9 Å². The van der Waals surface area contributed by atoms with E-state index in [4.69, 9.17) is 0 Å². The van der Waals surface area contributed by atoms with E-state index in [1.54, 1.807) is 16.4 Å². The van der Waals surface area contributed by atoms with Crippen LogP contribution in [0.3, 0.4) is 0 Å². The molecule has 1 unspecified atom stereocenters. The zero-order valence-electron chi connectivity index (χ0n) is 12.6. The van der Waals surface area contributed by atoms with E-state index in [9.17, 15) is 14.0 Å². The van der Waals surface area contributed by atoms with Crippen LogP contribution < -0.4 is 5.69 Å². The third kappa shape index (κ3) is 2.53. The van der Waals surface area contributed by atoms with Gasteiger partial charge in [0.05, 0.1) is 11.0 Å². The van der Waals surface area contributed by atoms with Gasteiger partial charge in [-0.1, -0.05) is 19.1 Å². The second-order valence-electron chi connectivity index (χ2n) is 5.75. The molecular weight excluding hydrogens is 285 g/mol. The van der Waals surface area contributed by atoms with Crippen molar-refractivity contribution in [1.29, 1.82) is 0 Å². The molecule has 1 atom stereocenters. The van der Waals surface area contributed by atoms with Crippen molar-refractivity contribution in [1.82, 2.24) is 14.5 Å². The molecule has 0 aliphatic carbocycles. The first-order chi connectivity index (χ1) is 10.6. The summed E-state index contributed by atoms with van der Waals surface area (Å²) in [5.41, 5.74) is 1.58. The summed E-state index contributed by atoms with van der Waals surface area (Å²) in [6, 6.07) is 7.63. The molecule has 0 spiro atoms. The average Bonchev–Trinajstić information content (AvgIpc) is 2.89. The molecule has 118 valence electrons. The summed E-state index contributed by atoms with van der Waals surface area (Å²) >= 11 is 0. The van der Waals surface area contributed by atoms with E-state index in [-0.39, 0.29) is 18.2 Å². The van der Waals surface area contributed by atoms with Crippen LogP contribution in [0.15, 0.2) is 29.1 Å². The molecule has 1 amide bonds. The van der Waals surface area contributed by atoms with Crippen molar-refractivity contribution in [2.75, 3.05) is 13.1 Å². The minimum absolute atomic E-state index is 0.0485. The number of likely N-dealkylation sites (tertiary alicyclic amines) is 1. The largest absolute Gasteiger partial charge is 0.340 e. The third-order valence-electron chi connectivity index (χ3n) is 4.39. The van der Waals surface area contributed by atoms with Gasteiger partial charge in [0.25, 0.3) is 5.91 Å². The SMILES string of the molecule is CCC(F)C(=O)N1CCC(n2c(=O)[nH]c3ccccc32)CC1. The van der Waals surface area contributed by atoms with Crippen molar-refractivity contribution in [3.63, 3.8) is 0 Å². The minimum atomic E-state index is -1.41. The zero-order chi connectivity index (χ0) is 15.7. The number of nitrogens with zero attached hydrogens (tertiary/aromatic N) is 2. The molecule has 2 aromatic rings. The number of fused-ring (bicyclic) bond motifs is 1. The van der Waals surface area contributed by atoms with Gasteiger partial charge < -0.3 is 9.88 Å². The Balaban J connectivity index is 1.77. The van der Waals surface area contributed by atoms with E-state index in [1.807, 2.05) is 24.3 Å². The Morgan fingerprint density at radius 2 is 2.05 bits per heavy atom. The number of aromatic nitrogens is 2. The van der Waals surface area contributed by atoms with Gasteiger partial charge in [-0.3, -0.25) is 9.36 Å². The first kappa shape index (κ1) is 14.8. The Labute approximate surface area is 127 Å². The maximum absolute atomic E-state index is 13.5. The highest BCUT2D eigenvalue weighted by molar-refractivity contribution is 5.80. The Morgan fingerprint density at radius 1 is 1.36 bits per heavy atom. The minimum Gasteiger partial charge on any atom is -0.340 e. The van der Waals surface area contributed by atoms with Crippen molar-refractivity contribution in [3.05, 3.63) is 34.7 Å². The van der Waals surface area contributed by atoms with Crippen LogP contribution in [0.1, 0.15) is 32.2 Å². The number of amides is 1. The van der Waals surface area contributed by atoms with Crippen LogP contribution in [0, 0.1) is 0 Å². The number of aromatic amines is 1. The van der Waals surface area contributed by atoms with Gasteiger partial charge in [0.2, 0.25) is 0 Å². The van der Waals surface area contributed by atoms with E-state index in [0.29, 0.717) is 25.9 Å². The number of para-hydroxylation sites is 2. The Bertz CT molecular complexity index is 728. The summed E-state index contributed by atoms with van der Waals surface area (Å²) in [6.45, 7) is 2.66. The molecule has 1 saturated heterocycles. The quantitative estimate of drug-likeness (QED) is 0.945. The number of piperidine rings is 1. The molecule has 22 heavy (non-hydrogen) atoms. The highest BCUT2D eigenvalue weighted by atomic mass is 19.1. The zero-order valence-corrected chi connectivity index (χ0v) is 12.6. The number of nitrogens with one attached hydrogen (secondary N) is 1. The number of rotatable bonds is 3. The lowest BCUT2D eigenvalue weighted by Gasteiger charge is -2.33. The van der Waals surface area contributed by atoms with E-state index in [1.165, 1.54) is 0 Å². The van der Waals surface area contributed by atoms with Gasteiger partial charge in [0, 0.05) is 19.1 Å². The molecule has 1 aromatic carbocycles. The van der Waals surface area contributed by atoms with Crippen LogP contribution in [-0.4, -0.2) is 39.6 Å². The first-order valence-electron chi connectivity index (χ1n) is 7.74. The van der Waals surface area contributed by atoms with Crippen LogP contribution in [0.4, 0.5) is 4.39 Å². The molecule has 1 aromatic heterocycles. The lowest BCUT2D eigenvalue weighted by atomic mass is 10.0. The van der Waals surface area contributed by atoms with Gasteiger partial charge in [-0.2, -0.15) is 0 Å². The van der Waals surface area contributed by atoms with Crippen LogP contribution in [0.25, 0.3) is 11.0 Å². The lowest BCUT2D eigenvalue weighted by Crippen LogP contribution is -2.43. The lowest BCUT2D eigenvalue weighted by molar-refractivity contribution is -0.137. The fourth-order valence-electron chi connectivity index (χ4n) is 3.15. The Kier molecular flexibility index (Phi) is 4.00. The summed E-state index contributed by atoms with van der Waals surface area (Å²) in [6.07, 6.45) is 0.140. The molecule has 0 radical (unpaired) electrons. The number of benzene rings is 1. The van der Waals surface area contributed by atoms with Crippen molar-refractivity contribution in [2.45, 2.75) is 38.4 Å². The number of imidazole rings is 1. The van der Waals surface area contributed by atoms with Crippen LogP contribution in [-0.2, 0) is 4.79 Å². The van der Waals surface area contributed by atoms with Crippen molar-refractivity contribution in [2.24, 2.45) is 0 Å².